The summed E-state index contributed by atoms with van der Waals surface area (Å²) in [6.07, 6.45) is 1.83. The molecule has 1 saturated heterocycles. The number of hydrogen-bond donors (Lipinski definition) is 2. The summed E-state index contributed by atoms with van der Waals surface area (Å²) < 4.78 is 0. The number of nitrogens with zero attached hydrogens (tertiary/aromatic N) is 1. The molecule has 0 aliphatic carbocycles. The SMILES string of the molecule is CC(C)(C)NC(=O)N1CCC(N)CC1.Cl.Cl. The molecule has 0 bridgehead atoms. The van der Waals surface area contributed by atoms with Gasteiger partial charge >= 0.3 is 6.03 Å². The van der Waals surface area contributed by atoms with Crippen molar-refractivity contribution in [2.75, 3.05) is 13.1 Å². The van der Waals surface area contributed by atoms with Crippen LogP contribution < -0.4 is 11.1 Å². The van der Waals surface area contributed by atoms with E-state index in [0.717, 1.165) is 25.9 Å². The Morgan fingerprint density at radius 2 is 1.69 bits per heavy atom. The lowest BCUT2D eigenvalue weighted by atomic mass is 10.1. The summed E-state index contributed by atoms with van der Waals surface area (Å²) in [6, 6.07) is 0.304. The van der Waals surface area contributed by atoms with E-state index in [1.54, 1.807) is 0 Å². The lowest BCUT2D eigenvalue weighted by Crippen LogP contribution is -2.52. The largest absolute Gasteiger partial charge is 0.333 e. The smallest absolute Gasteiger partial charge is 0.317 e. The van der Waals surface area contributed by atoms with Crippen molar-refractivity contribution < 1.29 is 4.79 Å². The van der Waals surface area contributed by atoms with Crippen molar-refractivity contribution in [2.45, 2.75) is 45.2 Å². The Morgan fingerprint density at radius 3 is 2.06 bits per heavy atom. The highest BCUT2D eigenvalue weighted by atomic mass is 35.5. The minimum atomic E-state index is -0.156. The number of carbonyl (C=O) groups excluding carboxylic acids is 1. The second kappa shape index (κ2) is 7.20. The molecule has 0 aromatic heterocycles. The van der Waals surface area contributed by atoms with Crippen LogP contribution in [-0.4, -0.2) is 35.6 Å². The van der Waals surface area contributed by atoms with Crippen LogP contribution in [0.5, 0.6) is 0 Å². The molecular weight excluding hydrogens is 249 g/mol. The molecule has 1 rings (SSSR count). The van der Waals surface area contributed by atoms with Crippen molar-refractivity contribution in [3.8, 4) is 0 Å². The third-order valence-electron chi connectivity index (χ3n) is 2.31. The van der Waals surface area contributed by atoms with Crippen LogP contribution in [0.4, 0.5) is 4.79 Å². The number of carbonyl (C=O) groups is 1. The summed E-state index contributed by atoms with van der Waals surface area (Å²) in [7, 11) is 0. The molecule has 0 aromatic rings. The monoisotopic (exact) mass is 271 g/mol. The Bertz CT molecular complexity index is 211. The third kappa shape index (κ3) is 6.40. The van der Waals surface area contributed by atoms with Gasteiger partial charge in [0.05, 0.1) is 0 Å². The van der Waals surface area contributed by atoms with Crippen LogP contribution in [0.25, 0.3) is 0 Å². The van der Waals surface area contributed by atoms with E-state index in [1.165, 1.54) is 0 Å². The van der Waals surface area contributed by atoms with Gasteiger partial charge in [0.1, 0.15) is 0 Å². The number of urea groups is 1. The van der Waals surface area contributed by atoms with Crippen molar-refractivity contribution in [1.29, 1.82) is 0 Å². The van der Waals surface area contributed by atoms with E-state index >= 15 is 0 Å². The summed E-state index contributed by atoms with van der Waals surface area (Å²) in [6.45, 7) is 7.52. The lowest BCUT2D eigenvalue weighted by Gasteiger charge is -2.33. The van der Waals surface area contributed by atoms with Crippen molar-refractivity contribution in [3.63, 3.8) is 0 Å². The maximum Gasteiger partial charge on any atom is 0.317 e. The fourth-order valence-electron chi connectivity index (χ4n) is 1.50. The summed E-state index contributed by atoms with van der Waals surface area (Å²) in [4.78, 5) is 13.5. The van der Waals surface area contributed by atoms with Gasteiger partial charge in [0, 0.05) is 24.7 Å². The number of nitrogens with two attached hydrogens (primary N) is 1. The molecule has 0 radical (unpaired) electrons. The fourth-order valence-corrected chi connectivity index (χ4v) is 1.50. The van der Waals surface area contributed by atoms with Crippen LogP contribution in [0.2, 0.25) is 0 Å². The van der Waals surface area contributed by atoms with Crippen molar-refractivity contribution in [3.05, 3.63) is 0 Å². The first kappa shape index (κ1) is 18.2. The minimum absolute atomic E-state index is 0. The second-order valence-corrected chi connectivity index (χ2v) is 5.00. The lowest BCUT2D eigenvalue weighted by molar-refractivity contribution is 0.173. The van der Waals surface area contributed by atoms with Gasteiger partial charge in [0.15, 0.2) is 0 Å². The molecule has 4 nitrogen and oxygen atoms in total. The number of halogens is 2. The maximum atomic E-state index is 11.7. The molecule has 1 fully saturated rings. The predicted octanol–water partition coefficient (Wildman–Crippen LogP) is 1.76. The Morgan fingerprint density at radius 1 is 1.25 bits per heavy atom. The van der Waals surface area contributed by atoms with Gasteiger partial charge in [0.25, 0.3) is 0 Å². The van der Waals surface area contributed by atoms with Gasteiger partial charge in [-0.1, -0.05) is 0 Å². The number of hydrogen-bond acceptors (Lipinski definition) is 2. The van der Waals surface area contributed by atoms with Gasteiger partial charge < -0.3 is 16.0 Å². The molecule has 3 N–H and O–H groups in total. The van der Waals surface area contributed by atoms with Crippen LogP contribution >= 0.6 is 24.8 Å². The van der Waals surface area contributed by atoms with E-state index in [9.17, 15) is 4.79 Å². The fraction of sp³-hybridized carbons (Fsp3) is 0.900. The zero-order chi connectivity index (χ0) is 10.8. The zero-order valence-corrected chi connectivity index (χ0v) is 11.8. The Balaban J connectivity index is 0. The van der Waals surface area contributed by atoms with Gasteiger partial charge in [-0.25, -0.2) is 4.79 Å². The molecule has 16 heavy (non-hydrogen) atoms. The van der Waals surface area contributed by atoms with Crippen LogP contribution in [0.15, 0.2) is 0 Å². The molecule has 0 aromatic carbocycles. The molecule has 98 valence electrons. The van der Waals surface area contributed by atoms with Crippen LogP contribution in [0.3, 0.4) is 0 Å². The van der Waals surface area contributed by atoms with Crippen molar-refractivity contribution >= 4 is 30.8 Å². The maximum absolute atomic E-state index is 11.7. The quantitative estimate of drug-likeness (QED) is 0.706. The van der Waals surface area contributed by atoms with Crippen LogP contribution in [0.1, 0.15) is 33.6 Å². The molecule has 1 aliphatic heterocycles. The third-order valence-corrected chi connectivity index (χ3v) is 2.31. The summed E-state index contributed by atoms with van der Waals surface area (Å²) in [5.74, 6) is 0. The molecule has 1 heterocycles. The molecule has 1 aliphatic rings. The number of rotatable bonds is 0. The predicted molar refractivity (Wildman–Crippen MR) is 71.6 cm³/mol. The van der Waals surface area contributed by atoms with E-state index in [2.05, 4.69) is 5.32 Å². The number of likely N-dealkylation sites (tertiary alicyclic amines) is 1. The summed E-state index contributed by atoms with van der Waals surface area (Å²) in [5, 5.41) is 2.95. The first-order chi connectivity index (χ1) is 6.38. The molecule has 6 heteroatoms. The topological polar surface area (TPSA) is 58.4 Å². The van der Waals surface area contributed by atoms with Crippen LogP contribution in [-0.2, 0) is 0 Å². The molecule has 2 amide bonds. The standard InChI is InChI=1S/C10H21N3O.2ClH/c1-10(2,3)12-9(14)13-6-4-8(11)5-7-13;;/h8H,4-7,11H2,1-3H3,(H,12,14);2*1H. The minimum Gasteiger partial charge on any atom is -0.333 e. The molecule has 0 saturated carbocycles. The highest BCUT2D eigenvalue weighted by Gasteiger charge is 2.23. The van der Waals surface area contributed by atoms with E-state index in [4.69, 9.17) is 5.73 Å². The van der Waals surface area contributed by atoms with E-state index in [0.29, 0.717) is 0 Å². The van der Waals surface area contributed by atoms with Crippen molar-refractivity contribution in [2.24, 2.45) is 5.73 Å². The van der Waals surface area contributed by atoms with Gasteiger partial charge in [-0.15, -0.1) is 24.8 Å². The Kier molecular flexibility index (Phi) is 8.18. The molecule has 0 spiro atoms. The van der Waals surface area contributed by atoms with Crippen LogP contribution in [0, 0.1) is 0 Å². The van der Waals surface area contributed by atoms with E-state index in [-0.39, 0.29) is 42.4 Å². The van der Waals surface area contributed by atoms with E-state index in [1.807, 2.05) is 25.7 Å². The van der Waals surface area contributed by atoms with Gasteiger partial charge in [-0.3, -0.25) is 0 Å². The highest BCUT2D eigenvalue weighted by Crippen LogP contribution is 2.09. The number of nitrogens with one attached hydrogen (secondary N) is 1. The Labute approximate surface area is 110 Å². The average molecular weight is 272 g/mol. The van der Waals surface area contributed by atoms with E-state index < -0.39 is 0 Å². The normalized spacial score (nSPS) is 17.1. The van der Waals surface area contributed by atoms with Gasteiger partial charge in [-0.2, -0.15) is 0 Å². The second-order valence-electron chi connectivity index (χ2n) is 5.00. The molecule has 0 atom stereocenters. The van der Waals surface area contributed by atoms with Gasteiger partial charge in [0.2, 0.25) is 0 Å². The van der Waals surface area contributed by atoms with Gasteiger partial charge in [-0.05, 0) is 33.6 Å². The number of amides is 2. The first-order valence-electron chi connectivity index (χ1n) is 5.21. The van der Waals surface area contributed by atoms with Crippen molar-refractivity contribution in [1.82, 2.24) is 10.2 Å². The zero-order valence-electron chi connectivity index (χ0n) is 10.2. The molecule has 0 unspecified atom stereocenters. The number of piperidine rings is 1. The molecular formula is C10H23Cl2N3O. The highest BCUT2D eigenvalue weighted by molar-refractivity contribution is 5.85. The first-order valence-corrected chi connectivity index (χ1v) is 5.21. The summed E-state index contributed by atoms with van der Waals surface area (Å²) in [5.41, 5.74) is 5.61. The average Bonchev–Trinajstić information content (AvgIpc) is 2.02. The Hall–Kier alpha value is -0.190. The summed E-state index contributed by atoms with van der Waals surface area (Å²) >= 11 is 0.